The standard InChI is InChI=1S/C18H29NO2/c1-15-9-11-18(12-10-15)21-14-17(20)13-19-16-7-5-3-2-4-6-8-16/h9-12,16-17,19-20H,2-8,13-14H2,1H3/t17-/m1/s1. The van der Waals surface area contributed by atoms with Crippen LogP contribution in [0.4, 0.5) is 0 Å². The molecule has 0 heterocycles. The van der Waals surface area contributed by atoms with Crippen molar-refractivity contribution in [1.82, 2.24) is 5.32 Å². The van der Waals surface area contributed by atoms with Crippen LogP contribution in [0.3, 0.4) is 0 Å². The minimum absolute atomic E-state index is 0.350. The average molecular weight is 291 g/mol. The predicted octanol–water partition coefficient (Wildman–Crippen LogP) is 3.44. The molecule has 1 aliphatic carbocycles. The van der Waals surface area contributed by atoms with Crippen molar-refractivity contribution in [2.24, 2.45) is 0 Å². The molecule has 0 aromatic heterocycles. The molecule has 21 heavy (non-hydrogen) atoms. The highest BCUT2D eigenvalue weighted by Gasteiger charge is 2.13. The Kier molecular flexibility index (Phi) is 7.04. The molecule has 1 aromatic carbocycles. The van der Waals surface area contributed by atoms with Gasteiger partial charge >= 0.3 is 0 Å². The lowest BCUT2D eigenvalue weighted by atomic mass is 9.96. The van der Waals surface area contributed by atoms with E-state index in [4.69, 9.17) is 4.74 Å². The number of ether oxygens (including phenoxy) is 1. The summed E-state index contributed by atoms with van der Waals surface area (Å²) in [6.45, 7) is 3.02. The molecule has 0 bridgehead atoms. The molecule has 1 aliphatic rings. The van der Waals surface area contributed by atoms with E-state index in [1.807, 2.05) is 24.3 Å². The normalized spacial score (nSPS) is 18.8. The van der Waals surface area contributed by atoms with Gasteiger partial charge in [-0.05, 0) is 31.9 Å². The molecule has 0 aliphatic heterocycles. The van der Waals surface area contributed by atoms with Gasteiger partial charge in [0.05, 0.1) is 0 Å². The van der Waals surface area contributed by atoms with Crippen molar-refractivity contribution in [3.05, 3.63) is 29.8 Å². The largest absolute Gasteiger partial charge is 0.491 e. The number of aliphatic hydroxyl groups excluding tert-OH is 1. The highest BCUT2D eigenvalue weighted by Crippen LogP contribution is 2.17. The first kappa shape index (κ1) is 16.3. The van der Waals surface area contributed by atoms with E-state index in [1.54, 1.807) is 0 Å². The van der Waals surface area contributed by atoms with Gasteiger partial charge in [-0.1, -0.05) is 49.8 Å². The van der Waals surface area contributed by atoms with Crippen molar-refractivity contribution in [3.8, 4) is 5.75 Å². The number of aliphatic hydroxyl groups is 1. The second kappa shape index (κ2) is 9.06. The number of nitrogens with one attached hydrogen (secondary N) is 1. The number of benzene rings is 1. The lowest BCUT2D eigenvalue weighted by molar-refractivity contribution is 0.102. The fourth-order valence-corrected chi connectivity index (χ4v) is 2.85. The molecule has 2 N–H and O–H groups in total. The van der Waals surface area contributed by atoms with Crippen LogP contribution < -0.4 is 10.1 Å². The number of hydrogen-bond donors (Lipinski definition) is 2. The van der Waals surface area contributed by atoms with Gasteiger partial charge in [-0.2, -0.15) is 0 Å². The second-order valence-electron chi connectivity index (χ2n) is 6.23. The smallest absolute Gasteiger partial charge is 0.119 e. The Bertz CT molecular complexity index is 383. The summed E-state index contributed by atoms with van der Waals surface area (Å²) in [6, 6.07) is 8.51. The van der Waals surface area contributed by atoms with Crippen LogP contribution in [-0.2, 0) is 0 Å². The van der Waals surface area contributed by atoms with Crippen LogP contribution >= 0.6 is 0 Å². The van der Waals surface area contributed by atoms with E-state index in [-0.39, 0.29) is 0 Å². The zero-order chi connectivity index (χ0) is 14.9. The molecule has 0 amide bonds. The fourth-order valence-electron chi connectivity index (χ4n) is 2.85. The Morgan fingerprint density at radius 3 is 2.38 bits per heavy atom. The van der Waals surface area contributed by atoms with Crippen LogP contribution in [-0.4, -0.2) is 30.4 Å². The van der Waals surface area contributed by atoms with Gasteiger partial charge in [0, 0.05) is 12.6 Å². The Morgan fingerprint density at radius 2 is 1.71 bits per heavy atom. The number of rotatable bonds is 6. The lowest BCUT2D eigenvalue weighted by Crippen LogP contribution is -2.38. The summed E-state index contributed by atoms with van der Waals surface area (Å²) in [5.74, 6) is 0.825. The van der Waals surface area contributed by atoms with Gasteiger partial charge in [-0.25, -0.2) is 0 Å². The van der Waals surface area contributed by atoms with Gasteiger partial charge in [-0.15, -0.1) is 0 Å². The van der Waals surface area contributed by atoms with E-state index in [0.717, 1.165) is 5.75 Å². The average Bonchev–Trinajstić information content (AvgIpc) is 2.45. The van der Waals surface area contributed by atoms with Gasteiger partial charge in [0.15, 0.2) is 0 Å². The summed E-state index contributed by atoms with van der Waals surface area (Å²) in [5, 5.41) is 13.5. The number of aryl methyl sites for hydroxylation is 1. The number of hydrogen-bond acceptors (Lipinski definition) is 3. The summed E-state index contributed by atoms with van der Waals surface area (Å²) in [7, 11) is 0. The van der Waals surface area contributed by atoms with E-state index < -0.39 is 6.10 Å². The van der Waals surface area contributed by atoms with Crippen LogP contribution in [0.2, 0.25) is 0 Å². The first-order valence-electron chi connectivity index (χ1n) is 8.35. The Morgan fingerprint density at radius 1 is 1.10 bits per heavy atom. The van der Waals surface area contributed by atoms with Crippen molar-refractivity contribution in [1.29, 1.82) is 0 Å². The molecular formula is C18H29NO2. The molecule has 0 radical (unpaired) electrons. The zero-order valence-corrected chi connectivity index (χ0v) is 13.2. The summed E-state index contributed by atoms with van der Waals surface area (Å²) in [4.78, 5) is 0. The lowest BCUT2D eigenvalue weighted by Gasteiger charge is -2.22. The molecule has 3 nitrogen and oxygen atoms in total. The highest BCUT2D eigenvalue weighted by atomic mass is 16.5. The third-order valence-corrected chi connectivity index (χ3v) is 4.21. The van der Waals surface area contributed by atoms with Gasteiger partial charge in [0.1, 0.15) is 18.5 Å². The molecule has 0 spiro atoms. The molecule has 1 aromatic rings. The molecule has 0 saturated heterocycles. The van der Waals surface area contributed by atoms with E-state index in [1.165, 1.54) is 50.5 Å². The minimum Gasteiger partial charge on any atom is -0.491 e. The molecule has 1 saturated carbocycles. The van der Waals surface area contributed by atoms with Crippen LogP contribution in [0, 0.1) is 6.92 Å². The SMILES string of the molecule is Cc1ccc(OC[C@H](O)CNC2CCCCCCC2)cc1. The first-order valence-corrected chi connectivity index (χ1v) is 8.35. The van der Waals surface area contributed by atoms with Crippen molar-refractivity contribution in [3.63, 3.8) is 0 Å². The van der Waals surface area contributed by atoms with E-state index in [0.29, 0.717) is 19.2 Å². The first-order chi connectivity index (χ1) is 10.2. The van der Waals surface area contributed by atoms with Crippen molar-refractivity contribution in [2.45, 2.75) is 64.0 Å². The van der Waals surface area contributed by atoms with Crippen LogP contribution in [0.1, 0.15) is 50.5 Å². The third-order valence-electron chi connectivity index (χ3n) is 4.21. The Hall–Kier alpha value is -1.06. The van der Waals surface area contributed by atoms with E-state index in [2.05, 4.69) is 12.2 Å². The molecule has 118 valence electrons. The molecule has 3 heteroatoms. The van der Waals surface area contributed by atoms with Gasteiger partial charge < -0.3 is 15.2 Å². The topological polar surface area (TPSA) is 41.5 Å². The second-order valence-corrected chi connectivity index (χ2v) is 6.23. The Balaban J connectivity index is 1.64. The van der Waals surface area contributed by atoms with Gasteiger partial charge in [0.25, 0.3) is 0 Å². The summed E-state index contributed by atoms with van der Waals surface area (Å²) in [6.07, 6.45) is 8.77. The maximum Gasteiger partial charge on any atom is 0.119 e. The molecular weight excluding hydrogens is 262 g/mol. The van der Waals surface area contributed by atoms with Gasteiger partial charge in [-0.3, -0.25) is 0 Å². The van der Waals surface area contributed by atoms with Crippen molar-refractivity contribution in [2.75, 3.05) is 13.2 Å². The van der Waals surface area contributed by atoms with Gasteiger partial charge in [0.2, 0.25) is 0 Å². The highest BCUT2D eigenvalue weighted by molar-refractivity contribution is 5.26. The summed E-state index contributed by atoms with van der Waals surface area (Å²) >= 11 is 0. The van der Waals surface area contributed by atoms with E-state index >= 15 is 0 Å². The molecule has 1 fully saturated rings. The predicted molar refractivity (Wildman–Crippen MR) is 86.8 cm³/mol. The fraction of sp³-hybridized carbons (Fsp3) is 0.667. The van der Waals surface area contributed by atoms with Crippen LogP contribution in [0.15, 0.2) is 24.3 Å². The molecule has 2 rings (SSSR count). The maximum atomic E-state index is 10.0. The third kappa shape index (κ3) is 6.49. The zero-order valence-electron chi connectivity index (χ0n) is 13.2. The monoisotopic (exact) mass is 291 g/mol. The summed E-state index contributed by atoms with van der Waals surface area (Å²) < 4.78 is 5.62. The van der Waals surface area contributed by atoms with Crippen molar-refractivity contribution < 1.29 is 9.84 Å². The Labute approximate surface area is 128 Å². The maximum absolute atomic E-state index is 10.0. The summed E-state index contributed by atoms with van der Waals surface area (Å²) in [5.41, 5.74) is 1.22. The molecule has 0 unspecified atom stereocenters. The van der Waals surface area contributed by atoms with Crippen LogP contribution in [0.5, 0.6) is 5.75 Å². The van der Waals surface area contributed by atoms with Crippen LogP contribution in [0.25, 0.3) is 0 Å². The van der Waals surface area contributed by atoms with Crippen molar-refractivity contribution >= 4 is 0 Å². The quantitative estimate of drug-likeness (QED) is 0.843. The minimum atomic E-state index is -0.447. The van der Waals surface area contributed by atoms with E-state index in [9.17, 15) is 5.11 Å². The molecule has 1 atom stereocenters.